The predicted molar refractivity (Wildman–Crippen MR) is 98.7 cm³/mol. The minimum absolute atomic E-state index is 0.0658. The zero-order chi connectivity index (χ0) is 18.7. The first-order valence-corrected chi connectivity index (χ1v) is 9.64. The Morgan fingerprint density at radius 1 is 1.23 bits per heavy atom. The van der Waals surface area contributed by atoms with Gasteiger partial charge >= 0.3 is 0 Å². The fourth-order valence-electron chi connectivity index (χ4n) is 2.64. The van der Waals surface area contributed by atoms with Crippen molar-refractivity contribution in [1.82, 2.24) is 19.4 Å². The fourth-order valence-corrected chi connectivity index (χ4v) is 3.39. The maximum absolute atomic E-state index is 12.4. The van der Waals surface area contributed by atoms with Crippen LogP contribution >= 0.6 is 0 Å². The van der Waals surface area contributed by atoms with Gasteiger partial charge in [-0.25, -0.2) is 18.1 Å². The molecular formula is C18H20N4O3S. The van der Waals surface area contributed by atoms with Crippen molar-refractivity contribution in [1.29, 1.82) is 0 Å². The first-order valence-electron chi connectivity index (χ1n) is 8.16. The molecule has 0 saturated heterocycles. The zero-order valence-corrected chi connectivity index (χ0v) is 15.4. The van der Waals surface area contributed by atoms with Crippen LogP contribution in [0.5, 0.6) is 0 Å². The summed E-state index contributed by atoms with van der Waals surface area (Å²) in [5.41, 5.74) is 2.79. The van der Waals surface area contributed by atoms with Gasteiger partial charge in [0, 0.05) is 30.9 Å². The normalized spacial score (nSPS) is 11.6. The Labute approximate surface area is 152 Å². The van der Waals surface area contributed by atoms with Gasteiger partial charge in [0.1, 0.15) is 5.65 Å². The molecule has 3 aromatic rings. The Morgan fingerprint density at radius 2 is 2.04 bits per heavy atom. The minimum atomic E-state index is -3.59. The molecule has 7 nitrogen and oxygen atoms in total. The molecule has 2 N–H and O–H groups in total. The number of sulfonamides is 1. The molecule has 0 radical (unpaired) electrons. The van der Waals surface area contributed by atoms with Crippen molar-refractivity contribution in [3.63, 3.8) is 0 Å². The third-order valence-electron chi connectivity index (χ3n) is 4.11. The first-order chi connectivity index (χ1) is 12.4. The van der Waals surface area contributed by atoms with E-state index in [-0.39, 0.29) is 10.8 Å². The smallest absolute Gasteiger partial charge is 0.251 e. The zero-order valence-electron chi connectivity index (χ0n) is 14.6. The molecule has 2 aromatic heterocycles. The summed E-state index contributed by atoms with van der Waals surface area (Å²) in [4.78, 5) is 17.0. The number of nitrogens with zero attached hydrogens (tertiary/aromatic N) is 2. The first kappa shape index (κ1) is 18.1. The second-order valence-corrected chi connectivity index (χ2v) is 7.78. The number of carbonyl (C=O) groups is 1. The van der Waals surface area contributed by atoms with Crippen molar-refractivity contribution in [2.45, 2.75) is 18.2 Å². The van der Waals surface area contributed by atoms with Crippen LogP contribution in [0.15, 0.2) is 53.7 Å². The maximum Gasteiger partial charge on any atom is 0.251 e. The lowest BCUT2D eigenvalue weighted by atomic mass is 10.1. The van der Waals surface area contributed by atoms with Crippen molar-refractivity contribution in [3.05, 3.63) is 65.6 Å². The molecule has 0 aliphatic carbocycles. The van der Waals surface area contributed by atoms with Crippen LogP contribution in [0.1, 0.15) is 21.6 Å². The van der Waals surface area contributed by atoms with Gasteiger partial charge in [0.2, 0.25) is 10.0 Å². The summed E-state index contributed by atoms with van der Waals surface area (Å²) in [5.74, 6) is -0.306. The molecule has 0 saturated carbocycles. The molecule has 0 unspecified atom stereocenters. The summed E-state index contributed by atoms with van der Waals surface area (Å²) in [7, 11) is -2.25. The monoisotopic (exact) mass is 372 g/mol. The molecule has 0 bridgehead atoms. The lowest BCUT2D eigenvalue weighted by molar-refractivity contribution is 0.0953. The standard InChI is InChI=1S/C18H20N4O3S/c1-13-6-7-15(26(24,25)19-2)11-16(13)18(23)20-9-8-14-12-22-10-4-3-5-17(22)21-14/h3-7,10-12,19H,8-9H2,1-2H3,(H,20,23). The number of hydrogen-bond donors (Lipinski definition) is 2. The number of imidazole rings is 1. The van der Waals surface area contributed by atoms with E-state index in [0.717, 1.165) is 11.3 Å². The quantitative estimate of drug-likeness (QED) is 0.686. The van der Waals surface area contributed by atoms with E-state index in [1.807, 2.05) is 35.0 Å². The molecule has 0 spiro atoms. The van der Waals surface area contributed by atoms with Crippen LogP contribution in [0.2, 0.25) is 0 Å². The van der Waals surface area contributed by atoms with Gasteiger partial charge in [-0.2, -0.15) is 0 Å². The molecule has 0 atom stereocenters. The molecule has 3 rings (SSSR count). The van der Waals surface area contributed by atoms with Gasteiger partial charge in [0.15, 0.2) is 0 Å². The lowest BCUT2D eigenvalue weighted by Crippen LogP contribution is -2.27. The number of rotatable bonds is 6. The van der Waals surface area contributed by atoms with Gasteiger partial charge in [0.05, 0.1) is 10.6 Å². The Hall–Kier alpha value is -2.71. The van der Waals surface area contributed by atoms with Gasteiger partial charge in [0.25, 0.3) is 5.91 Å². The second kappa shape index (κ2) is 7.27. The highest BCUT2D eigenvalue weighted by molar-refractivity contribution is 7.89. The van der Waals surface area contributed by atoms with Crippen LogP contribution in [0.25, 0.3) is 5.65 Å². The molecule has 0 aliphatic heterocycles. The third kappa shape index (κ3) is 3.76. The number of nitrogens with one attached hydrogen (secondary N) is 2. The van der Waals surface area contributed by atoms with E-state index in [9.17, 15) is 13.2 Å². The van der Waals surface area contributed by atoms with Gasteiger partial charge in [-0.3, -0.25) is 4.79 Å². The number of aromatic nitrogens is 2. The van der Waals surface area contributed by atoms with E-state index in [1.165, 1.54) is 19.2 Å². The SMILES string of the molecule is CNS(=O)(=O)c1ccc(C)c(C(=O)NCCc2cn3ccccc3n2)c1. The molecule has 1 aromatic carbocycles. The van der Waals surface area contributed by atoms with E-state index in [0.29, 0.717) is 24.1 Å². The van der Waals surface area contributed by atoms with E-state index < -0.39 is 10.0 Å². The van der Waals surface area contributed by atoms with Crippen molar-refractivity contribution in [2.24, 2.45) is 0 Å². The van der Waals surface area contributed by atoms with Crippen molar-refractivity contribution >= 4 is 21.6 Å². The number of carbonyl (C=O) groups excluding carboxylic acids is 1. The largest absolute Gasteiger partial charge is 0.352 e. The predicted octanol–water partition coefficient (Wildman–Crippen LogP) is 1.52. The van der Waals surface area contributed by atoms with Gasteiger partial charge in [-0.05, 0) is 43.8 Å². The van der Waals surface area contributed by atoms with Crippen molar-refractivity contribution < 1.29 is 13.2 Å². The minimum Gasteiger partial charge on any atom is -0.352 e. The Balaban J connectivity index is 1.69. The third-order valence-corrected chi connectivity index (χ3v) is 5.53. The molecular weight excluding hydrogens is 352 g/mol. The van der Waals surface area contributed by atoms with Crippen molar-refractivity contribution in [2.75, 3.05) is 13.6 Å². The van der Waals surface area contributed by atoms with Crippen LogP contribution in [0, 0.1) is 6.92 Å². The average Bonchev–Trinajstić information content (AvgIpc) is 3.04. The number of amides is 1. The van der Waals surface area contributed by atoms with Crippen LogP contribution in [0.3, 0.4) is 0 Å². The number of fused-ring (bicyclic) bond motifs is 1. The van der Waals surface area contributed by atoms with Crippen LogP contribution in [-0.2, 0) is 16.4 Å². The Bertz CT molecular complexity index is 1020. The molecule has 26 heavy (non-hydrogen) atoms. The highest BCUT2D eigenvalue weighted by atomic mass is 32.2. The summed E-state index contributed by atoms with van der Waals surface area (Å²) in [6, 6.07) is 10.3. The van der Waals surface area contributed by atoms with E-state index in [2.05, 4.69) is 15.0 Å². The topological polar surface area (TPSA) is 92.6 Å². The number of hydrogen-bond acceptors (Lipinski definition) is 4. The maximum atomic E-state index is 12.4. The highest BCUT2D eigenvalue weighted by Gasteiger charge is 2.16. The van der Waals surface area contributed by atoms with E-state index >= 15 is 0 Å². The molecule has 0 fully saturated rings. The van der Waals surface area contributed by atoms with E-state index in [4.69, 9.17) is 0 Å². The number of pyridine rings is 1. The molecule has 2 heterocycles. The summed E-state index contributed by atoms with van der Waals surface area (Å²) in [6.45, 7) is 2.18. The molecule has 0 aliphatic rings. The second-order valence-electron chi connectivity index (χ2n) is 5.89. The van der Waals surface area contributed by atoms with Crippen molar-refractivity contribution in [3.8, 4) is 0 Å². The average molecular weight is 372 g/mol. The van der Waals surface area contributed by atoms with Crippen LogP contribution in [-0.4, -0.2) is 37.3 Å². The van der Waals surface area contributed by atoms with Crippen LogP contribution in [0.4, 0.5) is 0 Å². The number of benzene rings is 1. The fraction of sp³-hybridized carbons (Fsp3) is 0.222. The summed E-state index contributed by atoms with van der Waals surface area (Å²) in [6.07, 6.45) is 4.43. The summed E-state index contributed by atoms with van der Waals surface area (Å²) >= 11 is 0. The molecule has 1 amide bonds. The van der Waals surface area contributed by atoms with Gasteiger partial charge in [-0.15, -0.1) is 0 Å². The van der Waals surface area contributed by atoms with Gasteiger partial charge < -0.3 is 9.72 Å². The lowest BCUT2D eigenvalue weighted by Gasteiger charge is -2.09. The van der Waals surface area contributed by atoms with E-state index in [1.54, 1.807) is 13.0 Å². The summed E-state index contributed by atoms with van der Waals surface area (Å²) in [5, 5.41) is 2.83. The Kier molecular flexibility index (Phi) is 5.06. The summed E-state index contributed by atoms with van der Waals surface area (Å²) < 4.78 is 28.0. The number of aryl methyl sites for hydroxylation is 1. The molecule has 136 valence electrons. The Morgan fingerprint density at radius 3 is 2.77 bits per heavy atom. The van der Waals surface area contributed by atoms with Crippen LogP contribution < -0.4 is 10.0 Å². The molecule has 8 heteroatoms. The van der Waals surface area contributed by atoms with Gasteiger partial charge in [-0.1, -0.05) is 12.1 Å². The highest BCUT2D eigenvalue weighted by Crippen LogP contribution is 2.15.